The van der Waals surface area contributed by atoms with Gasteiger partial charge >= 0.3 is 5.97 Å². The molecule has 0 aromatic rings. The second-order valence-electron chi connectivity index (χ2n) is 5.02. The number of esters is 1. The number of rotatable bonds is 13. The zero-order valence-corrected chi connectivity index (χ0v) is 13.9. The Bertz CT molecular complexity index is 433. The maximum absolute atomic E-state index is 12.3. The standard InChI is InChI=1S/C18H26O6/c1-5-9-20-13-14-15(21-10-6-2)16(22-11-7-3)17(18(19)24-14)23-12-8-4/h5-8,14-17H,1-4,9-13H2/t14-,15-,16+,17-/m1/s1. The van der Waals surface area contributed by atoms with E-state index in [1.54, 1.807) is 24.3 Å². The molecule has 0 radical (unpaired) electrons. The van der Waals surface area contributed by atoms with Gasteiger partial charge in [0.25, 0.3) is 0 Å². The molecule has 0 amide bonds. The first-order valence-electron chi connectivity index (χ1n) is 7.76. The Balaban J connectivity index is 2.94. The minimum Gasteiger partial charge on any atom is -0.455 e. The number of carbonyl (C=O) groups excluding carboxylic acids is 1. The summed E-state index contributed by atoms with van der Waals surface area (Å²) in [6.45, 7) is 15.7. The van der Waals surface area contributed by atoms with Crippen LogP contribution in [-0.2, 0) is 28.5 Å². The van der Waals surface area contributed by atoms with Crippen molar-refractivity contribution in [2.45, 2.75) is 24.4 Å². The molecular formula is C18H26O6. The average molecular weight is 338 g/mol. The van der Waals surface area contributed by atoms with E-state index in [1.165, 1.54) is 0 Å². The third kappa shape index (κ3) is 6.05. The molecule has 0 aromatic heterocycles. The summed E-state index contributed by atoms with van der Waals surface area (Å²) < 4.78 is 27.9. The van der Waals surface area contributed by atoms with E-state index in [0.29, 0.717) is 6.61 Å². The average Bonchev–Trinajstić information content (AvgIpc) is 2.58. The van der Waals surface area contributed by atoms with Gasteiger partial charge in [-0.15, -0.1) is 26.3 Å². The van der Waals surface area contributed by atoms with Gasteiger partial charge < -0.3 is 23.7 Å². The normalized spacial score (nSPS) is 26.4. The van der Waals surface area contributed by atoms with Crippen molar-refractivity contribution >= 4 is 5.97 Å². The molecule has 1 saturated heterocycles. The number of hydrogen-bond acceptors (Lipinski definition) is 6. The fourth-order valence-electron chi connectivity index (χ4n) is 2.27. The lowest BCUT2D eigenvalue weighted by molar-refractivity contribution is -0.228. The highest BCUT2D eigenvalue weighted by Crippen LogP contribution is 2.25. The van der Waals surface area contributed by atoms with Crippen LogP contribution in [0.25, 0.3) is 0 Å². The van der Waals surface area contributed by atoms with Crippen molar-refractivity contribution in [1.82, 2.24) is 0 Å². The molecule has 0 N–H and O–H groups in total. The minimum atomic E-state index is -0.909. The van der Waals surface area contributed by atoms with Crippen molar-refractivity contribution in [3.05, 3.63) is 50.6 Å². The molecule has 6 nitrogen and oxygen atoms in total. The van der Waals surface area contributed by atoms with Gasteiger partial charge in [0, 0.05) is 0 Å². The molecule has 0 spiro atoms. The number of carbonyl (C=O) groups is 1. The van der Waals surface area contributed by atoms with Gasteiger partial charge in [-0.2, -0.15) is 0 Å². The molecule has 4 atom stereocenters. The SMILES string of the molecule is C=CCOC[C@H]1OC(=O)[C@H](OCC=C)[C@@H](OCC=C)[C@@H]1OCC=C. The first kappa shape index (κ1) is 20.3. The highest BCUT2D eigenvalue weighted by atomic mass is 16.6. The van der Waals surface area contributed by atoms with E-state index in [9.17, 15) is 4.79 Å². The lowest BCUT2D eigenvalue weighted by Crippen LogP contribution is -2.59. The van der Waals surface area contributed by atoms with Crippen LogP contribution in [0.5, 0.6) is 0 Å². The van der Waals surface area contributed by atoms with Gasteiger partial charge in [0.1, 0.15) is 12.2 Å². The van der Waals surface area contributed by atoms with Crippen molar-refractivity contribution < 1.29 is 28.5 Å². The molecule has 134 valence electrons. The van der Waals surface area contributed by atoms with E-state index >= 15 is 0 Å². The van der Waals surface area contributed by atoms with E-state index in [2.05, 4.69) is 26.3 Å². The van der Waals surface area contributed by atoms with Gasteiger partial charge in [-0.05, 0) is 0 Å². The molecule has 0 aliphatic carbocycles. The quantitative estimate of drug-likeness (QED) is 0.290. The van der Waals surface area contributed by atoms with Gasteiger partial charge in [-0.25, -0.2) is 4.79 Å². The maximum atomic E-state index is 12.3. The lowest BCUT2D eigenvalue weighted by Gasteiger charge is -2.40. The first-order valence-corrected chi connectivity index (χ1v) is 7.76. The maximum Gasteiger partial charge on any atom is 0.338 e. The van der Waals surface area contributed by atoms with Crippen LogP contribution < -0.4 is 0 Å². The Morgan fingerprint density at radius 3 is 1.96 bits per heavy atom. The lowest BCUT2D eigenvalue weighted by atomic mass is 9.99. The molecule has 6 heteroatoms. The molecular weight excluding hydrogens is 312 g/mol. The highest BCUT2D eigenvalue weighted by Gasteiger charge is 2.48. The Morgan fingerprint density at radius 1 is 0.833 bits per heavy atom. The van der Waals surface area contributed by atoms with Crippen LogP contribution in [0.4, 0.5) is 0 Å². The van der Waals surface area contributed by atoms with E-state index < -0.39 is 30.4 Å². The van der Waals surface area contributed by atoms with Gasteiger partial charge in [0.15, 0.2) is 12.2 Å². The summed E-state index contributed by atoms with van der Waals surface area (Å²) in [4.78, 5) is 12.3. The Kier molecular flexibility index (Phi) is 9.95. The first-order chi connectivity index (χ1) is 11.7. The van der Waals surface area contributed by atoms with Gasteiger partial charge in [-0.1, -0.05) is 24.3 Å². The molecule has 1 aliphatic rings. The van der Waals surface area contributed by atoms with Crippen LogP contribution >= 0.6 is 0 Å². The van der Waals surface area contributed by atoms with Crippen LogP contribution in [0.15, 0.2) is 50.6 Å². The summed E-state index contributed by atoms with van der Waals surface area (Å²) in [7, 11) is 0. The smallest absolute Gasteiger partial charge is 0.338 e. The largest absolute Gasteiger partial charge is 0.455 e. The summed E-state index contributed by atoms with van der Waals surface area (Å²) in [6, 6.07) is 0. The Morgan fingerprint density at radius 2 is 1.38 bits per heavy atom. The summed E-state index contributed by atoms with van der Waals surface area (Å²) in [5, 5.41) is 0. The summed E-state index contributed by atoms with van der Waals surface area (Å²) in [6.07, 6.45) is 3.65. The van der Waals surface area contributed by atoms with Crippen LogP contribution in [0.1, 0.15) is 0 Å². The summed E-state index contributed by atoms with van der Waals surface area (Å²) in [5.74, 6) is -0.517. The monoisotopic (exact) mass is 338 g/mol. The predicted molar refractivity (Wildman–Crippen MR) is 90.7 cm³/mol. The molecule has 0 bridgehead atoms. The second kappa shape index (κ2) is 11.8. The minimum absolute atomic E-state index is 0.168. The number of ether oxygens (including phenoxy) is 5. The van der Waals surface area contributed by atoms with Crippen LogP contribution in [0.2, 0.25) is 0 Å². The van der Waals surface area contributed by atoms with Crippen molar-refractivity contribution in [3.63, 3.8) is 0 Å². The third-order valence-electron chi connectivity index (χ3n) is 3.21. The van der Waals surface area contributed by atoms with Crippen molar-refractivity contribution in [2.75, 3.05) is 33.0 Å². The molecule has 1 aliphatic heterocycles. The Labute approximate surface area is 143 Å². The van der Waals surface area contributed by atoms with E-state index in [0.717, 1.165) is 0 Å². The zero-order chi connectivity index (χ0) is 17.8. The molecule has 1 heterocycles. The number of cyclic esters (lactones) is 1. The fraction of sp³-hybridized carbons (Fsp3) is 0.500. The molecule has 24 heavy (non-hydrogen) atoms. The Hall–Kier alpha value is -1.73. The van der Waals surface area contributed by atoms with Crippen LogP contribution in [-0.4, -0.2) is 63.4 Å². The molecule has 1 fully saturated rings. The second-order valence-corrected chi connectivity index (χ2v) is 5.02. The molecule has 0 unspecified atom stereocenters. The van der Waals surface area contributed by atoms with Crippen molar-refractivity contribution in [3.8, 4) is 0 Å². The predicted octanol–water partition coefficient (Wildman–Crippen LogP) is 1.83. The summed E-state index contributed by atoms with van der Waals surface area (Å²) >= 11 is 0. The number of hydrogen-bond donors (Lipinski definition) is 0. The van der Waals surface area contributed by atoms with Crippen molar-refractivity contribution in [2.24, 2.45) is 0 Å². The van der Waals surface area contributed by atoms with E-state index in [-0.39, 0.29) is 26.4 Å². The van der Waals surface area contributed by atoms with Gasteiger partial charge in [-0.3, -0.25) is 0 Å². The molecule has 0 saturated carbocycles. The van der Waals surface area contributed by atoms with Crippen LogP contribution in [0.3, 0.4) is 0 Å². The summed E-state index contributed by atoms with van der Waals surface area (Å²) in [5.41, 5.74) is 0. The molecule has 1 rings (SSSR count). The van der Waals surface area contributed by atoms with Crippen molar-refractivity contribution in [1.29, 1.82) is 0 Å². The van der Waals surface area contributed by atoms with Gasteiger partial charge in [0.05, 0.1) is 33.0 Å². The van der Waals surface area contributed by atoms with E-state index in [1.807, 2.05) is 0 Å². The fourth-order valence-corrected chi connectivity index (χ4v) is 2.27. The highest BCUT2D eigenvalue weighted by molar-refractivity contribution is 5.77. The van der Waals surface area contributed by atoms with E-state index in [4.69, 9.17) is 23.7 Å². The van der Waals surface area contributed by atoms with Crippen LogP contribution in [0, 0.1) is 0 Å². The van der Waals surface area contributed by atoms with Gasteiger partial charge in [0.2, 0.25) is 0 Å². The third-order valence-corrected chi connectivity index (χ3v) is 3.21. The topological polar surface area (TPSA) is 63.2 Å². The zero-order valence-electron chi connectivity index (χ0n) is 13.9. The molecule has 0 aromatic carbocycles.